The SMILES string of the molecule is COc1cc(C(=O)O)c(NC(=O)c2cc(O)c(OC)c(O)c2)c(OC)c1OC. The highest BCUT2D eigenvalue weighted by Crippen LogP contribution is 2.45. The number of methoxy groups -OCH3 is 4. The maximum atomic E-state index is 12.6. The molecule has 0 atom stereocenters. The molecule has 0 unspecified atom stereocenters. The van der Waals surface area contributed by atoms with E-state index in [-0.39, 0.29) is 39.8 Å². The molecule has 0 bridgehead atoms. The second kappa shape index (κ2) is 8.25. The number of hydrogen-bond acceptors (Lipinski definition) is 8. The first-order chi connectivity index (χ1) is 13.3. The van der Waals surface area contributed by atoms with Gasteiger partial charge in [-0.25, -0.2) is 4.79 Å². The summed E-state index contributed by atoms with van der Waals surface area (Å²) in [4.78, 5) is 24.3. The van der Waals surface area contributed by atoms with E-state index in [1.54, 1.807) is 0 Å². The van der Waals surface area contributed by atoms with Gasteiger partial charge in [0.2, 0.25) is 11.5 Å². The number of phenols is 2. The summed E-state index contributed by atoms with van der Waals surface area (Å²) in [7, 11) is 5.15. The van der Waals surface area contributed by atoms with Crippen LogP contribution >= 0.6 is 0 Å². The van der Waals surface area contributed by atoms with Crippen LogP contribution in [0.1, 0.15) is 20.7 Å². The molecule has 0 aliphatic rings. The molecule has 0 aromatic heterocycles. The van der Waals surface area contributed by atoms with Crippen LogP contribution in [0.5, 0.6) is 34.5 Å². The van der Waals surface area contributed by atoms with Crippen molar-refractivity contribution in [3.63, 3.8) is 0 Å². The molecule has 0 saturated carbocycles. The number of ether oxygens (including phenoxy) is 4. The van der Waals surface area contributed by atoms with Crippen LogP contribution in [0.15, 0.2) is 18.2 Å². The summed E-state index contributed by atoms with van der Waals surface area (Å²) in [5.74, 6) is -3.21. The lowest BCUT2D eigenvalue weighted by Crippen LogP contribution is -2.16. The van der Waals surface area contributed by atoms with E-state index in [4.69, 9.17) is 18.9 Å². The smallest absolute Gasteiger partial charge is 0.338 e. The number of hydrogen-bond donors (Lipinski definition) is 4. The summed E-state index contributed by atoms with van der Waals surface area (Å²) in [6.07, 6.45) is 0. The van der Waals surface area contributed by atoms with Crippen molar-refractivity contribution in [3.05, 3.63) is 29.3 Å². The van der Waals surface area contributed by atoms with Gasteiger partial charge in [0.05, 0.1) is 34.0 Å². The van der Waals surface area contributed by atoms with E-state index in [1.807, 2.05) is 0 Å². The predicted octanol–water partition coefficient (Wildman–Crippen LogP) is 2.08. The minimum Gasteiger partial charge on any atom is -0.504 e. The van der Waals surface area contributed by atoms with Crippen molar-refractivity contribution in [2.24, 2.45) is 0 Å². The molecule has 0 fully saturated rings. The first-order valence-electron chi connectivity index (χ1n) is 7.76. The Balaban J connectivity index is 2.59. The largest absolute Gasteiger partial charge is 0.504 e. The average Bonchev–Trinajstić information content (AvgIpc) is 2.66. The molecule has 2 aromatic rings. The minimum atomic E-state index is -1.35. The number of rotatable bonds is 7. The van der Waals surface area contributed by atoms with E-state index in [9.17, 15) is 24.9 Å². The molecule has 0 spiro atoms. The van der Waals surface area contributed by atoms with E-state index < -0.39 is 23.4 Å². The predicted molar refractivity (Wildman–Crippen MR) is 97.3 cm³/mol. The Morgan fingerprint density at radius 2 is 1.36 bits per heavy atom. The summed E-state index contributed by atoms with van der Waals surface area (Å²) >= 11 is 0. The third-order valence-electron chi connectivity index (χ3n) is 3.81. The summed E-state index contributed by atoms with van der Waals surface area (Å²) in [5, 5.41) is 31.6. The molecule has 1 amide bonds. The van der Waals surface area contributed by atoms with E-state index in [2.05, 4.69) is 5.32 Å². The first kappa shape index (κ1) is 20.5. The summed E-state index contributed by atoms with van der Waals surface area (Å²) in [6, 6.07) is 3.28. The van der Waals surface area contributed by atoms with Crippen LogP contribution in [-0.2, 0) is 0 Å². The van der Waals surface area contributed by atoms with E-state index in [1.165, 1.54) is 34.5 Å². The van der Waals surface area contributed by atoms with E-state index >= 15 is 0 Å². The molecule has 10 nitrogen and oxygen atoms in total. The number of carbonyl (C=O) groups is 2. The molecule has 0 heterocycles. The molecule has 0 radical (unpaired) electrons. The Labute approximate surface area is 159 Å². The fraction of sp³-hybridized carbons (Fsp3) is 0.222. The molecule has 0 aliphatic carbocycles. The third kappa shape index (κ3) is 3.65. The zero-order valence-corrected chi connectivity index (χ0v) is 15.5. The van der Waals surface area contributed by atoms with Gasteiger partial charge < -0.3 is 39.6 Å². The number of aromatic carboxylic acids is 1. The molecule has 4 N–H and O–H groups in total. The number of carboxylic acid groups (broad SMARTS) is 1. The van der Waals surface area contributed by atoms with Crippen LogP contribution in [0.2, 0.25) is 0 Å². The van der Waals surface area contributed by atoms with Crippen LogP contribution in [0.4, 0.5) is 5.69 Å². The van der Waals surface area contributed by atoms with Crippen LogP contribution in [0.3, 0.4) is 0 Å². The van der Waals surface area contributed by atoms with Crippen molar-refractivity contribution in [1.29, 1.82) is 0 Å². The number of aromatic hydroxyl groups is 2. The lowest BCUT2D eigenvalue weighted by molar-refractivity contribution is 0.0697. The van der Waals surface area contributed by atoms with Gasteiger partial charge in [0, 0.05) is 11.6 Å². The van der Waals surface area contributed by atoms with Gasteiger partial charge in [-0.15, -0.1) is 0 Å². The van der Waals surface area contributed by atoms with Crippen molar-refractivity contribution < 1.29 is 43.9 Å². The molecule has 10 heteroatoms. The van der Waals surface area contributed by atoms with Crippen LogP contribution < -0.4 is 24.3 Å². The topological polar surface area (TPSA) is 144 Å². The Bertz CT molecular complexity index is 901. The lowest BCUT2D eigenvalue weighted by atomic mass is 10.1. The zero-order chi connectivity index (χ0) is 21.0. The van der Waals surface area contributed by atoms with Crippen molar-refractivity contribution in [3.8, 4) is 34.5 Å². The highest BCUT2D eigenvalue weighted by Gasteiger charge is 2.26. The number of nitrogens with one attached hydrogen (secondary N) is 1. The molecule has 150 valence electrons. The fourth-order valence-corrected chi connectivity index (χ4v) is 2.57. The van der Waals surface area contributed by atoms with Crippen molar-refractivity contribution >= 4 is 17.6 Å². The number of carbonyl (C=O) groups excluding carboxylic acids is 1. The van der Waals surface area contributed by atoms with Gasteiger partial charge in [-0.3, -0.25) is 4.79 Å². The first-order valence-corrected chi connectivity index (χ1v) is 7.76. The minimum absolute atomic E-state index is 0.0745. The Morgan fingerprint density at radius 1 is 0.821 bits per heavy atom. The van der Waals surface area contributed by atoms with Crippen LogP contribution in [-0.4, -0.2) is 55.6 Å². The molecule has 28 heavy (non-hydrogen) atoms. The maximum Gasteiger partial charge on any atom is 0.338 e. The maximum absolute atomic E-state index is 12.6. The van der Waals surface area contributed by atoms with E-state index in [0.717, 1.165) is 12.1 Å². The number of phenolic OH excluding ortho intramolecular Hbond substituents is 2. The van der Waals surface area contributed by atoms with Gasteiger partial charge in [0.1, 0.15) is 5.69 Å². The normalized spacial score (nSPS) is 10.1. The average molecular weight is 393 g/mol. The Hall–Kier alpha value is -3.82. The molecule has 2 aromatic carbocycles. The third-order valence-corrected chi connectivity index (χ3v) is 3.81. The number of benzene rings is 2. The second-order valence-electron chi connectivity index (χ2n) is 5.37. The number of carboxylic acids is 1. The summed E-state index contributed by atoms with van der Waals surface area (Å²) < 4.78 is 20.3. The van der Waals surface area contributed by atoms with E-state index in [0.29, 0.717) is 0 Å². The van der Waals surface area contributed by atoms with Crippen molar-refractivity contribution in [1.82, 2.24) is 0 Å². The zero-order valence-electron chi connectivity index (χ0n) is 15.5. The van der Waals surface area contributed by atoms with Crippen molar-refractivity contribution in [2.45, 2.75) is 0 Å². The molecule has 0 saturated heterocycles. The number of anilines is 1. The highest BCUT2D eigenvalue weighted by molar-refractivity contribution is 6.10. The van der Waals surface area contributed by atoms with Gasteiger partial charge in [-0.05, 0) is 12.1 Å². The lowest BCUT2D eigenvalue weighted by Gasteiger charge is -2.18. The quantitative estimate of drug-likeness (QED) is 0.556. The summed E-state index contributed by atoms with van der Waals surface area (Å²) in [6.45, 7) is 0. The number of amides is 1. The highest BCUT2D eigenvalue weighted by atomic mass is 16.5. The van der Waals surface area contributed by atoms with Gasteiger partial charge in [0.15, 0.2) is 23.0 Å². The molecular formula is C18H19NO9. The van der Waals surface area contributed by atoms with Gasteiger partial charge >= 0.3 is 5.97 Å². The monoisotopic (exact) mass is 393 g/mol. The summed E-state index contributed by atoms with van der Waals surface area (Å²) in [5.41, 5.74) is -0.652. The Morgan fingerprint density at radius 3 is 1.79 bits per heavy atom. The molecular weight excluding hydrogens is 374 g/mol. The van der Waals surface area contributed by atoms with Crippen molar-refractivity contribution in [2.75, 3.05) is 33.8 Å². The van der Waals surface area contributed by atoms with Gasteiger partial charge in [-0.2, -0.15) is 0 Å². The van der Waals surface area contributed by atoms with Gasteiger partial charge in [-0.1, -0.05) is 0 Å². The fourth-order valence-electron chi connectivity index (χ4n) is 2.57. The van der Waals surface area contributed by atoms with Crippen LogP contribution in [0.25, 0.3) is 0 Å². The Kier molecular flexibility index (Phi) is 6.04. The second-order valence-corrected chi connectivity index (χ2v) is 5.37. The van der Waals surface area contributed by atoms with Gasteiger partial charge in [0.25, 0.3) is 5.91 Å². The molecule has 0 aliphatic heterocycles. The molecule has 2 rings (SSSR count). The van der Waals surface area contributed by atoms with Crippen LogP contribution in [0, 0.1) is 0 Å². The standard InChI is InChI=1S/C18H19NO9/c1-25-12-7-9(18(23)24)13(16(28-4)15(12)27-3)19-17(22)8-5-10(20)14(26-2)11(21)6-8/h5-7,20-21H,1-4H3,(H,19,22)(H,23,24).